The third-order valence-electron chi connectivity index (χ3n) is 5.10. The fraction of sp³-hybridized carbons (Fsp3) is 0.429. The molecule has 1 aromatic heterocycles. The number of nitrogens with zero attached hydrogens (tertiary/aromatic N) is 3. The van der Waals surface area contributed by atoms with Crippen LogP contribution in [0.5, 0.6) is 0 Å². The van der Waals surface area contributed by atoms with Crippen molar-refractivity contribution in [2.24, 2.45) is 0 Å². The standard InChI is InChI=1S/C21H27N5O3/c1-14(2)16-4-6-17(7-5-16)26-20(28)18(24-21(26)29)8-9-19(27)23-11-13-25-12-10-22-15(25)3/h4-7,10,12,14,18H,8-9,11,13H2,1-3H3,(H,23,27)(H,24,29). The topological polar surface area (TPSA) is 96.3 Å². The normalized spacial score (nSPS) is 16.4. The van der Waals surface area contributed by atoms with Crippen molar-refractivity contribution in [2.75, 3.05) is 11.4 Å². The molecule has 2 heterocycles. The average Bonchev–Trinajstić information content (AvgIpc) is 3.22. The van der Waals surface area contributed by atoms with Crippen molar-refractivity contribution < 1.29 is 14.4 Å². The molecule has 0 radical (unpaired) electrons. The van der Waals surface area contributed by atoms with Crippen LogP contribution < -0.4 is 15.5 Å². The van der Waals surface area contributed by atoms with Crippen LogP contribution in [0.25, 0.3) is 0 Å². The van der Waals surface area contributed by atoms with E-state index in [1.165, 1.54) is 0 Å². The Morgan fingerprint density at radius 1 is 1.24 bits per heavy atom. The smallest absolute Gasteiger partial charge is 0.329 e. The quantitative estimate of drug-likeness (QED) is 0.668. The van der Waals surface area contributed by atoms with Gasteiger partial charge in [-0.3, -0.25) is 9.59 Å². The summed E-state index contributed by atoms with van der Waals surface area (Å²) in [4.78, 5) is 42.3. The van der Waals surface area contributed by atoms with Gasteiger partial charge in [-0.1, -0.05) is 26.0 Å². The van der Waals surface area contributed by atoms with Gasteiger partial charge in [0.2, 0.25) is 5.91 Å². The number of hydrogen-bond donors (Lipinski definition) is 2. The first-order valence-corrected chi connectivity index (χ1v) is 9.85. The van der Waals surface area contributed by atoms with Crippen LogP contribution in [-0.4, -0.2) is 40.0 Å². The Kier molecular flexibility index (Phi) is 6.31. The first-order chi connectivity index (χ1) is 13.9. The minimum atomic E-state index is -0.686. The maximum atomic E-state index is 12.7. The molecule has 29 heavy (non-hydrogen) atoms. The first-order valence-electron chi connectivity index (χ1n) is 9.85. The lowest BCUT2D eigenvalue weighted by atomic mass is 10.0. The number of hydrogen-bond acceptors (Lipinski definition) is 4. The molecule has 1 fully saturated rings. The summed E-state index contributed by atoms with van der Waals surface area (Å²) in [5.74, 6) is 0.787. The zero-order chi connectivity index (χ0) is 21.0. The summed E-state index contributed by atoms with van der Waals surface area (Å²) in [6.07, 6.45) is 4.00. The summed E-state index contributed by atoms with van der Waals surface area (Å²) in [6.45, 7) is 7.19. The number of imidazole rings is 1. The highest BCUT2D eigenvalue weighted by Crippen LogP contribution is 2.24. The van der Waals surface area contributed by atoms with Crippen molar-refractivity contribution in [3.8, 4) is 0 Å². The van der Waals surface area contributed by atoms with Crippen LogP contribution in [-0.2, 0) is 16.1 Å². The maximum absolute atomic E-state index is 12.7. The molecular formula is C21H27N5O3. The largest absolute Gasteiger partial charge is 0.354 e. The van der Waals surface area contributed by atoms with Gasteiger partial charge in [0.1, 0.15) is 11.9 Å². The van der Waals surface area contributed by atoms with E-state index < -0.39 is 12.1 Å². The monoisotopic (exact) mass is 397 g/mol. The fourth-order valence-electron chi connectivity index (χ4n) is 3.30. The average molecular weight is 397 g/mol. The molecule has 1 unspecified atom stereocenters. The van der Waals surface area contributed by atoms with Crippen LogP contribution in [0, 0.1) is 6.92 Å². The lowest BCUT2D eigenvalue weighted by molar-refractivity contribution is -0.121. The molecule has 1 aromatic carbocycles. The summed E-state index contributed by atoms with van der Waals surface area (Å²) in [5.41, 5.74) is 1.68. The van der Waals surface area contributed by atoms with Crippen molar-refractivity contribution in [3.63, 3.8) is 0 Å². The predicted octanol–water partition coefficient (Wildman–Crippen LogP) is 2.34. The van der Waals surface area contributed by atoms with Crippen molar-refractivity contribution >= 4 is 23.5 Å². The lowest BCUT2D eigenvalue weighted by Crippen LogP contribution is -2.33. The summed E-state index contributed by atoms with van der Waals surface area (Å²) in [5, 5.41) is 5.51. The minimum absolute atomic E-state index is 0.149. The maximum Gasteiger partial charge on any atom is 0.329 e. The number of anilines is 1. The van der Waals surface area contributed by atoms with Gasteiger partial charge in [0.25, 0.3) is 5.91 Å². The molecule has 3 rings (SSSR count). The highest BCUT2D eigenvalue weighted by atomic mass is 16.2. The van der Waals surface area contributed by atoms with Gasteiger partial charge in [0.15, 0.2) is 0 Å². The SMILES string of the molecule is Cc1nccn1CCNC(=O)CCC1NC(=O)N(c2ccc(C(C)C)cc2)C1=O. The van der Waals surface area contributed by atoms with Gasteiger partial charge >= 0.3 is 6.03 Å². The van der Waals surface area contributed by atoms with E-state index in [-0.39, 0.29) is 24.7 Å². The Labute approximate surface area is 170 Å². The van der Waals surface area contributed by atoms with Gasteiger partial charge in [-0.25, -0.2) is 14.7 Å². The minimum Gasteiger partial charge on any atom is -0.354 e. The first kappa shape index (κ1) is 20.6. The zero-order valence-electron chi connectivity index (χ0n) is 17.0. The Morgan fingerprint density at radius 2 is 1.97 bits per heavy atom. The number of benzene rings is 1. The second kappa shape index (κ2) is 8.89. The molecule has 0 aliphatic carbocycles. The van der Waals surface area contributed by atoms with Gasteiger partial charge in [-0.15, -0.1) is 0 Å². The van der Waals surface area contributed by atoms with Crippen LogP contribution in [0.3, 0.4) is 0 Å². The number of rotatable bonds is 8. The molecule has 154 valence electrons. The number of carbonyl (C=O) groups is 3. The molecule has 8 heteroatoms. The van der Waals surface area contributed by atoms with Crippen molar-refractivity contribution in [3.05, 3.63) is 48.0 Å². The van der Waals surface area contributed by atoms with Crippen LogP contribution >= 0.6 is 0 Å². The molecule has 0 saturated carbocycles. The molecule has 1 saturated heterocycles. The van der Waals surface area contributed by atoms with Crippen LogP contribution in [0.4, 0.5) is 10.5 Å². The van der Waals surface area contributed by atoms with E-state index in [0.717, 1.165) is 16.3 Å². The van der Waals surface area contributed by atoms with Gasteiger partial charge in [-0.05, 0) is 37.0 Å². The molecule has 2 N–H and O–H groups in total. The number of aryl methyl sites for hydroxylation is 1. The Bertz CT molecular complexity index is 888. The van der Waals surface area contributed by atoms with E-state index in [9.17, 15) is 14.4 Å². The van der Waals surface area contributed by atoms with E-state index in [1.54, 1.807) is 18.3 Å². The number of aromatic nitrogens is 2. The van der Waals surface area contributed by atoms with E-state index >= 15 is 0 Å². The summed E-state index contributed by atoms with van der Waals surface area (Å²) < 4.78 is 1.95. The lowest BCUT2D eigenvalue weighted by Gasteiger charge is -2.14. The molecular weight excluding hydrogens is 370 g/mol. The molecule has 8 nitrogen and oxygen atoms in total. The zero-order valence-corrected chi connectivity index (χ0v) is 17.0. The molecule has 1 aliphatic heterocycles. The molecule has 1 aliphatic rings. The van der Waals surface area contributed by atoms with Crippen LogP contribution in [0.2, 0.25) is 0 Å². The third-order valence-corrected chi connectivity index (χ3v) is 5.10. The van der Waals surface area contributed by atoms with Crippen molar-refractivity contribution in [2.45, 2.75) is 52.1 Å². The van der Waals surface area contributed by atoms with Gasteiger partial charge in [-0.2, -0.15) is 0 Å². The summed E-state index contributed by atoms with van der Waals surface area (Å²) in [7, 11) is 0. The molecule has 0 spiro atoms. The summed E-state index contributed by atoms with van der Waals surface area (Å²) >= 11 is 0. The van der Waals surface area contributed by atoms with E-state index in [1.807, 2.05) is 29.8 Å². The van der Waals surface area contributed by atoms with Gasteiger partial charge in [0, 0.05) is 31.9 Å². The Morgan fingerprint density at radius 3 is 2.59 bits per heavy atom. The number of imide groups is 1. The summed E-state index contributed by atoms with van der Waals surface area (Å²) in [6, 6.07) is 6.26. The van der Waals surface area contributed by atoms with Gasteiger partial charge < -0.3 is 15.2 Å². The van der Waals surface area contributed by atoms with Gasteiger partial charge in [0.05, 0.1) is 5.69 Å². The number of carbonyl (C=O) groups excluding carboxylic acids is 3. The number of urea groups is 1. The Hall–Kier alpha value is -3.16. The molecule has 4 amide bonds. The second-order valence-electron chi connectivity index (χ2n) is 7.48. The highest BCUT2D eigenvalue weighted by Gasteiger charge is 2.38. The van der Waals surface area contributed by atoms with Crippen LogP contribution in [0.15, 0.2) is 36.7 Å². The number of nitrogens with one attached hydrogen (secondary N) is 2. The third kappa shape index (κ3) is 4.82. The fourth-order valence-corrected chi connectivity index (χ4v) is 3.30. The highest BCUT2D eigenvalue weighted by molar-refractivity contribution is 6.21. The number of amides is 4. The van der Waals surface area contributed by atoms with E-state index in [0.29, 0.717) is 24.7 Å². The Balaban J connectivity index is 1.49. The van der Waals surface area contributed by atoms with Crippen molar-refractivity contribution in [1.29, 1.82) is 0 Å². The van der Waals surface area contributed by atoms with E-state index in [2.05, 4.69) is 29.5 Å². The predicted molar refractivity (Wildman–Crippen MR) is 110 cm³/mol. The molecule has 1 atom stereocenters. The molecule has 2 aromatic rings. The van der Waals surface area contributed by atoms with Crippen molar-refractivity contribution in [1.82, 2.24) is 20.2 Å². The van der Waals surface area contributed by atoms with Crippen LogP contribution in [0.1, 0.15) is 44.0 Å². The van der Waals surface area contributed by atoms with E-state index in [4.69, 9.17) is 0 Å². The molecule has 0 bridgehead atoms. The second-order valence-corrected chi connectivity index (χ2v) is 7.48.